The zero-order valence-corrected chi connectivity index (χ0v) is 14.9. The summed E-state index contributed by atoms with van der Waals surface area (Å²) in [7, 11) is 0. The molecule has 0 saturated heterocycles. The number of benzene rings is 1. The number of anilines is 1. The number of halogens is 2. The third-order valence-electron chi connectivity index (χ3n) is 3.57. The Bertz CT molecular complexity index is 698. The van der Waals surface area contributed by atoms with Crippen LogP contribution in [-0.2, 0) is 5.41 Å². The Kier molecular flexibility index (Phi) is 5.55. The van der Waals surface area contributed by atoms with Crippen molar-refractivity contribution < 1.29 is 4.39 Å². The first kappa shape index (κ1) is 17.6. The number of hydrogen-bond acceptors (Lipinski definition) is 2. The molecule has 0 spiro atoms. The summed E-state index contributed by atoms with van der Waals surface area (Å²) in [5, 5.41) is 7.00. The predicted molar refractivity (Wildman–Crippen MR) is 97.6 cm³/mol. The van der Waals surface area contributed by atoms with Crippen LogP contribution in [0.1, 0.15) is 25.0 Å². The lowest BCUT2D eigenvalue weighted by atomic mass is 9.84. The van der Waals surface area contributed by atoms with Gasteiger partial charge >= 0.3 is 0 Å². The number of aromatic nitrogens is 1. The Morgan fingerprint density at radius 3 is 2.70 bits per heavy atom. The summed E-state index contributed by atoms with van der Waals surface area (Å²) in [5.74, 6) is 0.385. The highest BCUT2D eigenvalue weighted by atomic mass is 35.5. The second kappa shape index (κ2) is 7.23. The normalized spacial score (nSPS) is 11.2. The van der Waals surface area contributed by atoms with Gasteiger partial charge in [0.05, 0.1) is 0 Å². The Labute approximate surface area is 146 Å². The summed E-state index contributed by atoms with van der Waals surface area (Å²) in [5.41, 5.74) is 0.951. The Balaban J connectivity index is 2.04. The van der Waals surface area contributed by atoms with Crippen molar-refractivity contribution >= 4 is 34.7 Å². The van der Waals surface area contributed by atoms with E-state index in [2.05, 4.69) is 15.6 Å². The van der Waals surface area contributed by atoms with Gasteiger partial charge in [-0.2, -0.15) is 0 Å². The maximum Gasteiger partial charge on any atom is 0.171 e. The predicted octanol–water partition coefficient (Wildman–Crippen LogP) is 4.45. The molecular weight excluding hydrogens is 333 g/mol. The second-order valence-corrected chi connectivity index (χ2v) is 6.77. The van der Waals surface area contributed by atoms with E-state index in [1.807, 2.05) is 32.9 Å². The molecule has 1 aromatic carbocycles. The Morgan fingerprint density at radius 1 is 1.30 bits per heavy atom. The van der Waals surface area contributed by atoms with Crippen molar-refractivity contribution in [1.82, 2.24) is 10.3 Å². The molecule has 0 aliphatic rings. The molecule has 0 aliphatic carbocycles. The summed E-state index contributed by atoms with van der Waals surface area (Å²) in [6, 6.07) is 8.51. The highest BCUT2D eigenvalue weighted by Crippen LogP contribution is 2.31. The first-order valence-corrected chi connectivity index (χ1v) is 8.01. The highest BCUT2D eigenvalue weighted by Gasteiger charge is 2.27. The van der Waals surface area contributed by atoms with Crippen LogP contribution in [0, 0.1) is 12.7 Å². The number of rotatable bonds is 4. The lowest BCUT2D eigenvalue weighted by Crippen LogP contribution is -2.39. The highest BCUT2D eigenvalue weighted by molar-refractivity contribution is 7.80. The van der Waals surface area contributed by atoms with Gasteiger partial charge in [0.2, 0.25) is 0 Å². The molecule has 0 atom stereocenters. The number of hydrogen-bond donors (Lipinski definition) is 2. The quantitative estimate of drug-likeness (QED) is 0.798. The molecule has 1 aromatic heterocycles. The third kappa shape index (κ3) is 4.39. The van der Waals surface area contributed by atoms with E-state index < -0.39 is 5.41 Å². The third-order valence-corrected chi connectivity index (χ3v) is 4.13. The lowest BCUT2D eigenvalue weighted by Gasteiger charge is -2.28. The average Bonchev–Trinajstić information content (AvgIpc) is 2.47. The summed E-state index contributed by atoms with van der Waals surface area (Å²) in [6.07, 6.45) is 1.70. The minimum Gasteiger partial charge on any atom is -0.362 e. The molecule has 122 valence electrons. The zero-order chi connectivity index (χ0) is 17.0. The van der Waals surface area contributed by atoms with Gasteiger partial charge in [0.25, 0.3) is 0 Å². The van der Waals surface area contributed by atoms with Gasteiger partial charge in [-0.05, 0) is 42.9 Å². The fourth-order valence-electron chi connectivity index (χ4n) is 2.30. The van der Waals surface area contributed by atoms with E-state index in [-0.39, 0.29) is 5.82 Å². The van der Waals surface area contributed by atoms with Crippen LogP contribution in [-0.4, -0.2) is 16.6 Å². The summed E-state index contributed by atoms with van der Waals surface area (Å²) in [4.78, 5) is 4.23. The number of nitrogens with one attached hydrogen (secondary N) is 2. The van der Waals surface area contributed by atoms with Gasteiger partial charge in [-0.15, -0.1) is 0 Å². The number of pyridine rings is 1. The molecule has 0 unspecified atom stereocenters. The van der Waals surface area contributed by atoms with Gasteiger partial charge in [-0.1, -0.05) is 37.6 Å². The fourth-order valence-corrected chi connectivity index (χ4v) is 2.89. The van der Waals surface area contributed by atoms with Gasteiger partial charge in [0.15, 0.2) is 5.11 Å². The molecule has 0 radical (unpaired) electrons. The number of aryl methyl sites for hydroxylation is 1. The van der Waals surface area contributed by atoms with Crippen LogP contribution in [0.3, 0.4) is 0 Å². The van der Waals surface area contributed by atoms with Gasteiger partial charge in [0, 0.05) is 28.7 Å². The van der Waals surface area contributed by atoms with E-state index in [1.165, 1.54) is 6.07 Å². The summed E-state index contributed by atoms with van der Waals surface area (Å²) >= 11 is 11.4. The zero-order valence-electron chi connectivity index (χ0n) is 13.3. The van der Waals surface area contributed by atoms with E-state index in [1.54, 1.807) is 18.3 Å². The van der Waals surface area contributed by atoms with Crippen molar-refractivity contribution in [1.29, 1.82) is 0 Å². The van der Waals surface area contributed by atoms with Crippen LogP contribution in [0.5, 0.6) is 0 Å². The summed E-state index contributed by atoms with van der Waals surface area (Å²) in [6.45, 7) is 6.21. The molecule has 23 heavy (non-hydrogen) atoms. The minimum atomic E-state index is -0.521. The smallest absolute Gasteiger partial charge is 0.171 e. The average molecular weight is 352 g/mol. The van der Waals surface area contributed by atoms with Crippen LogP contribution in [0.4, 0.5) is 10.2 Å². The molecule has 2 aromatic rings. The topological polar surface area (TPSA) is 37.0 Å². The number of nitrogens with zero attached hydrogens (tertiary/aromatic N) is 1. The minimum absolute atomic E-state index is 0.316. The van der Waals surface area contributed by atoms with Crippen LogP contribution >= 0.6 is 23.8 Å². The molecule has 6 heteroatoms. The van der Waals surface area contributed by atoms with E-state index in [9.17, 15) is 4.39 Å². The maximum atomic E-state index is 14.1. The van der Waals surface area contributed by atoms with Gasteiger partial charge in [0.1, 0.15) is 11.6 Å². The van der Waals surface area contributed by atoms with Crippen molar-refractivity contribution in [2.24, 2.45) is 0 Å². The molecule has 0 amide bonds. The van der Waals surface area contributed by atoms with Crippen LogP contribution in [0.15, 0.2) is 36.5 Å². The second-order valence-electron chi connectivity index (χ2n) is 5.96. The number of thiocarbonyl (C=S) groups is 1. The largest absolute Gasteiger partial charge is 0.362 e. The van der Waals surface area contributed by atoms with Crippen molar-refractivity contribution in [3.8, 4) is 0 Å². The molecule has 0 aliphatic heterocycles. The lowest BCUT2D eigenvalue weighted by molar-refractivity contribution is 0.477. The Morgan fingerprint density at radius 2 is 2.04 bits per heavy atom. The molecule has 3 nitrogen and oxygen atoms in total. The van der Waals surface area contributed by atoms with Crippen molar-refractivity contribution in [3.05, 3.63) is 58.5 Å². The first-order valence-electron chi connectivity index (χ1n) is 7.22. The van der Waals surface area contributed by atoms with Gasteiger partial charge in [-0.3, -0.25) is 0 Å². The molecule has 1 heterocycles. The van der Waals surface area contributed by atoms with E-state index >= 15 is 0 Å². The van der Waals surface area contributed by atoms with E-state index in [0.29, 0.717) is 28.1 Å². The fraction of sp³-hybridized carbons (Fsp3) is 0.294. The molecule has 0 fully saturated rings. The van der Waals surface area contributed by atoms with Gasteiger partial charge < -0.3 is 10.6 Å². The standard InChI is InChI=1S/C17H19ClFN3S/c1-11-6-5-9-20-15(11)22-16(23)21-10-17(2,3)14-12(18)7-4-8-13(14)19/h4-9H,10H2,1-3H3,(H2,20,21,22,23). The van der Waals surface area contributed by atoms with Crippen molar-refractivity contribution in [3.63, 3.8) is 0 Å². The van der Waals surface area contributed by atoms with Crippen LogP contribution in [0.25, 0.3) is 0 Å². The van der Waals surface area contributed by atoms with Crippen LogP contribution < -0.4 is 10.6 Å². The molecule has 2 N–H and O–H groups in total. The van der Waals surface area contributed by atoms with Crippen molar-refractivity contribution in [2.45, 2.75) is 26.2 Å². The van der Waals surface area contributed by atoms with E-state index in [0.717, 1.165) is 5.56 Å². The van der Waals surface area contributed by atoms with Crippen LogP contribution in [0.2, 0.25) is 5.02 Å². The maximum absolute atomic E-state index is 14.1. The molecule has 2 rings (SSSR count). The van der Waals surface area contributed by atoms with E-state index in [4.69, 9.17) is 23.8 Å². The summed E-state index contributed by atoms with van der Waals surface area (Å²) < 4.78 is 14.1. The Hall–Kier alpha value is -1.72. The molecule has 0 saturated carbocycles. The van der Waals surface area contributed by atoms with Gasteiger partial charge in [-0.25, -0.2) is 9.37 Å². The van der Waals surface area contributed by atoms with Crippen molar-refractivity contribution in [2.75, 3.05) is 11.9 Å². The molecular formula is C17H19ClFN3S. The molecule has 0 bridgehead atoms. The monoisotopic (exact) mass is 351 g/mol. The first-order chi connectivity index (χ1) is 10.8. The SMILES string of the molecule is Cc1cccnc1NC(=S)NCC(C)(C)c1c(F)cccc1Cl.